The quantitative estimate of drug-likeness (QED) is 0.196. The molecular weight excluding hydrogens is 492 g/mol. The highest BCUT2D eigenvalue weighted by atomic mass is 35.5. The second kappa shape index (κ2) is 11.2. The molecule has 0 bridgehead atoms. The Hall–Kier alpha value is -1.48. The molecule has 4 aliphatic carbocycles. The van der Waals surface area contributed by atoms with Crippen LogP contribution in [0.1, 0.15) is 105 Å². The number of benzene rings is 1. The lowest BCUT2D eigenvalue weighted by Crippen LogP contribution is -2.51. The Labute approximate surface area is 236 Å². The van der Waals surface area contributed by atoms with E-state index in [9.17, 15) is 4.79 Å². The first kappa shape index (κ1) is 28.1. The van der Waals surface area contributed by atoms with Crippen LogP contribution in [-0.2, 0) is 4.74 Å². The fourth-order valence-electron chi connectivity index (χ4n) is 9.54. The van der Waals surface area contributed by atoms with Crippen LogP contribution in [0.5, 0.6) is 5.75 Å². The van der Waals surface area contributed by atoms with Crippen molar-refractivity contribution in [3.63, 3.8) is 0 Å². The van der Waals surface area contributed by atoms with Crippen molar-refractivity contribution in [3.05, 3.63) is 40.9 Å². The van der Waals surface area contributed by atoms with Gasteiger partial charge in [-0.3, -0.25) is 0 Å². The minimum absolute atomic E-state index is 0.103. The predicted octanol–water partition coefficient (Wildman–Crippen LogP) is 10.3. The Balaban J connectivity index is 1.22. The van der Waals surface area contributed by atoms with E-state index in [0.29, 0.717) is 16.2 Å². The molecule has 4 heteroatoms. The molecule has 3 nitrogen and oxygen atoms in total. The third kappa shape index (κ3) is 5.43. The van der Waals surface area contributed by atoms with Crippen LogP contribution in [0, 0.1) is 46.3 Å². The van der Waals surface area contributed by atoms with Crippen molar-refractivity contribution in [2.75, 3.05) is 0 Å². The number of halogens is 1. The number of hydrogen-bond donors (Lipinski definition) is 0. The number of rotatable bonds is 7. The topological polar surface area (TPSA) is 35.5 Å². The van der Waals surface area contributed by atoms with Gasteiger partial charge in [0.1, 0.15) is 11.9 Å². The van der Waals surface area contributed by atoms with Crippen molar-refractivity contribution < 1.29 is 14.3 Å². The van der Waals surface area contributed by atoms with Gasteiger partial charge in [-0.15, -0.1) is 0 Å². The molecule has 8 atom stereocenters. The van der Waals surface area contributed by atoms with Crippen LogP contribution in [-0.4, -0.2) is 12.3 Å². The van der Waals surface area contributed by atoms with E-state index >= 15 is 0 Å². The summed E-state index contributed by atoms with van der Waals surface area (Å²) in [6, 6.07) is 6.90. The lowest BCUT2D eigenvalue weighted by molar-refractivity contribution is -0.0597. The van der Waals surface area contributed by atoms with E-state index in [2.05, 4.69) is 40.7 Å². The van der Waals surface area contributed by atoms with Crippen molar-refractivity contribution >= 4 is 17.8 Å². The van der Waals surface area contributed by atoms with E-state index in [0.717, 1.165) is 54.8 Å². The molecule has 0 radical (unpaired) electrons. The van der Waals surface area contributed by atoms with Crippen molar-refractivity contribution in [1.82, 2.24) is 0 Å². The maximum atomic E-state index is 12.5. The van der Waals surface area contributed by atoms with Crippen LogP contribution in [0.15, 0.2) is 35.9 Å². The predicted molar refractivity (Wildman–Crippen MR) is 155 cm³/mol. The first-order valence-electron chi connectivity index (χ1n) is 15.4. The summed E-state index contributed by atoms with van der Waals surface area (Å²) in [5.41, 5.74) is 2.30. The highest BCUT2D eigenvalue weighted by Gasteiger charge is 2.59. The molecule has 0 aromatic heterocycles. The van der Waals surface area contributed by atoms with Crippen LogP contribution < -0.4 is 4.74 Å². The fourth-order valence-corrected chi connectivity index (χ4v) is 9.72. The Morgan fingerprint density at radius 1 is 1.05 bits per heavy atom. The number of carbonyl (C=O) groups is 1. The Kier molecular flexibility index (Phi) is 8.26. The van der Waals surface area contributed by atoms with Crippen LogP contribution >= 0.6 is 11.6 Å². The summed E-state index contributed by atoms with van der Waals surface area (Å²) >= 11 is 6.02. The van der Waals surface area contributed by atoms with Crippen molar-refractivity contribution in [2.45, 2.75) is 111 Å². The highest BCUT2D eigenvalue weighted by molar-refractivity contribution is 6.30. The van der Waals surface area contributed by atoms with E-state index < -0.39 is 6.16 Å². The first-order chi connectivity index (χ1) is 18.1. The SMILES string of the molecule is CC(C)CCC[C@@H](C)[C@@H]1CC[C@@H]2[C@H]3CC=C4C[C@@H](OC(=O)Oc5cccc(Cl)c5)CC[C@]4(C)[C@@H]3CC[C@]21C. The summed E-state index contributed by atoms with van der Waals surface area (Å²) in [5.74, 6) is 5.46. The molecule has 4 aliphatic rings. The molecule has 0 saturated heterocycles. The molecule has 38 heavy (non-hydrogen) atoms. The zero-order chi connectivity index (χ0) is 27.1. The van der Waals surface area contributed by atoms with Gasteiger partial charge in [0.05, 0.1) is 0 Å². The van der Waals surface area contributed by atoms with Gasteiger partial charge in [-0.2, -0.15) is 0 Å². The van der Waals surface area contributed by atoms with E-state index in [1.165, 1.54) is 56.9 Å². The zero-order valence-corrected chi connectivity index (χ0v) is 25.1. The lowest BCUT2D eigenvalue weighted by atomic mass is 9.47. The largest absolute Gasteiger partial charge is 0.514 e. The van der Waals surface area contributed by atoms with Gasteiger partial charge in [-0.1, -0.05) is 83.2 Å². The van der Waals surface area contributed by atoms with Crippen molar-refractivity contribution in [2.24, 2.45) is 46.3 Å². The molecular formula is C34H49ClO3. The molecule has 1 aromatic rings. The molecule has 0 aliphatic heterocycles. The number of carbonyl (C=O) groups excluding carboxylic acids is 1. The number of ether oxygens (including phenoxy) is 2. The average Bonchev–Trinajstić information content (AvgIpc) is 3.21. The molecule has 0 heterocycles. The molecule has 0 spiro atoms. The van der Waals surface area contributed by atoms with E-state index in [1.54, 1.807) is 24.3 Å². The van der Waals surface area contributed by atoms with Gasteiger partial charge >= 0.3 is 6.16 Å². The zero-order valence-electron chi connectivity index (χ0n) is 24.3. The molecule has 1 aromatic carbocycles. The maximum absolute atomic E-state index is 12.5. The van der Waals surface area contributed by atoms with E-state index in [-0.39, 0.29) is 11.5 Å². The van der Waals surface area contributed by atoms with Crippen LogP contribution in [0.4, 0.5) is 4.79 Å². The van der Waals surface area contributed by atoms with Gasteiger partial charge in [0.2, 0.25) is 0 Å². The van der Waals surface area contributed by atoms with E-state index in [1.807, 2.05) is 0 Å². The highest BCUT2D eigenvalue weighted by Crippen LogP contribution is 2.67. The Morgan fingerprint density at radius 2 is 1.87 bits per heavy atom. The fraction of sp³-hybridized carbons (Fsp3) is 0.735. The van der Waals surface area contributed by atoms with Gasteiger partial charge in [0, 0.05) is 11.4 Å². The molecule has 0 unspecified atom stereocenters. The monoisotopic (exact) mass is 540 g/mol. The normalized spacial score (nSPS) is 37.0. The van der Waals surface area contributed by atoms with E-state index in [4.69, 9.17) is 21.1 Å². The Bertz CT molecular complexity index is 1030. The summed E-state index contributed by atoms with van der Waals surface area (Å²) in [6.07, 6.45) is 15.7. The summed E-state index contributed by atoms with van der Waals surface area (Å²) in [7, 11) is 0. The maximum Gasteiger partial charge on any atom is 0.514 e. The minimum Gasteiger partial charge on any atom is -0.430 e. The van der Waals surface area contributed by atoms with Gasteiger partial charge in [0.15, 0.2) is 0 Å². The second-order valence-electron chi connectivity index (χ2n) is 14.1. The molecule has 0 N–H and O–H groups in total. The van der Waals surface area contributed by atoms with Crippen LogP contribution in [0.2, 0.25) is 5.02 Å². The van der Waals surface area contributed by atoms with Crippen molar-refractivity contribution in [1.29, 1.82) is 0 Å². The molecule has 5 rings (SSSR count). The van der Waals surface area contributed by atoms with Gasteiger partial charge in [-0.25, -0.2) is 4.79 Å². The third-order valence-electron chi connectivity index (χ3n) is 11.5. The molecule has 3 fully saturated rings. The van der Waals surface area contributed by atoms with Gasteiger partial charge < -0.3 is 9.47 Å². The Morgan fingerprint density at radius 3 is 2.63 bits per heavy atom. The molecule has 3 saturated carbocycles. The smallest absolute Gasteiger partial charge is 0.430 e. The third-order valence-corrected chi connectivity index (χ3v) is 11.8. The van der Waals surface area contributed by atoms with Gasteiger partial charge in [-0.05, 0) is 109 Å². The number of fused-ring (bicyclic) bond motifs is 5. The summed E-state index contributed by atoms with van der Waals surface area (Å²) in [5, 5.41) is 0.545. The number of hydrogen-bond acceptors (Lipinski definition) is 3. The summed E-state index contributed by atoms with van der Waals surface area (Å²) in [4.78, 5) is 12.5. The van der Waals surface area contributed by atoms with Gasteiger partial charge in [0.25, 0.3) is 0 Å². The lowest BCUT2D eigenvalue weighted by Gasteiger charge is -2.58. The first-order valence-corrected chi connectivity index (χ1v) is 15.8. The van der Waals surface area contributed by atoms with Crippen LogP contribution in [0.3, 0.4) is 0 Å². The molecule has 0 amide bonds. The second-order valence-corrected chi connectivity index (χ2v) is 14.5. The summed E-state index contributed by atoms with van der Waals surface area (Å²) < 4.78 is 11.2. The molecule has 210 valence electrons. The summed E-state index contributed by atoms with van der Waals surface area (Å²) in [6.45, 7) is 12.5. The van der Waals surface area contributed by atoms with Crippen LogP contribution in [0.25, 0.3) is 0 Å². The standard InChI is InChI=1S/C34H49ClO3/c1-22(2)8-6-9-23(3)29-14-15-30-28-13-12-24-20-27(38-32(36)37-26-11-7-10-25(35)21-26)16-18-33(24,4)31(28)17-19-34(29,30)5/h7,10-12,21-23,27-31H,6,8-9,13-20H2,1-5H3/t23-,27+,28-,29+,30-,31-,33+,34+/m1/s1. The number of allylic oxidation sites excluding steroid dienone is 1. The average molecular weight is 541 g/mol. The van der Waals surface area contributed by atoms with Crippen molar-refractivity contribution in [3.8, 4) is 5.75 Å². The minimum atomic E-state index is -0.622.